The summed E-state index contributed by atoms with van der Waals surface area (Å²) in [5.41, 5.74) is 3.37. The molecule has 0 bridgehead atoms. The number of allylic oxidation sites excluding steroid dienone is 2. The van der Waals surface area contributed by atoms with Crippen molar-refractivity contribution >= 4 is 51.7 Å². The highest BCUT2D eigenvalue weighted by Gasteiger charge is 2.05. The van der Waals surface area contributed by atoms with E-state index in [-0.39, 0.29) is 10.8 Å². The number of anilines is 1. The van der Waals surface area contributed by atoms with Gasteiger partial charge in [0.2, 0.25) is 0 Å². The predicted molar refractivity (Wildman–Crippen MR) is 98.2 cm³/mol. The second-order valence-electron chi connectivity index (χ2n) is 4.90. The van der Waals surface area contributed by atoms with Crippen LogP contribution in [0.2, 0.25) is 5.02 Å². The topological polar surface area (TPSA) is 57.5 Å². The average Bonchev–Trinajstić information content (AvgIpc) is 2.76. The lowest BCUT2D eigenvalue weighted by molar-refractivity contribution is 0.474. The summed E-state index contributed by atoms with van der Waals surface area (Å²) in [4.78, 5) is 4.50. The van der Waals surface area contributed by atoms with E-state index in [0.29, 0.717) is 11.4 Å². The molecule has 1 aliphatic carbocycles. The van der Waals surface area contributed by atoms with E-state index in [4.69, 9.17) is 11.6 Å². The summed E-state index contributed by atoms with van der Waals surface area (Å²) in [5.74, 6) is 0.615. The van der Waals surface area contributed by atoms with Crippen LogP contribution in [0.1, 0.15) is 12.0 Å². The van der Waals surface area contributed by atoms with E-state index in [9.17, 15) is 5.11 Å². The molecule has 1 heterocycles. The number of hydrogen-bond acceptors (Lipinski definition) is 4. The summed E-state index contributed by atoms with van der Waals surface area (Å²) >= 11 is 9.25. The number of pyridine rings is 1. The lowest BCUT2D eigenvalue weighted by atomic mass is 10.2. The van der Waals surface area contributed by atoms with Gasteiger partial charge in [0, 0.05) is 10.0 Å². The molecule has 0 spiro atoms. The maximum Gasteiger partial charge on any atom is 0.146 e. The molecule has 0 atom stereocenters. The molecule has 0 amide bonds. The van der Waals surface area contributed by atoms with Gasteiger partial charge < -0.3 is 5.11 Å². The number of nitrogens with one attached hydrogen (secondary N) is 1. The molecule has 6 heteroatoms. The number of hydrogen-bond donors (Lipinski definition) is 2. The molecule has 116 valence electrons. The largest absolute Gasteiger partial charge is 0.506 e. The zero-order chi connectivity index (χ0) is 16.2. The quantitative estimate of drug-likeness (QED) is 0.625. The molecular formula is C17H13BrClN3O. The monoisotopic (exact) mass is 389 g/mol. The van der Waals surface area contributed by atoms with E-state index in [2.05, 4.69) is 43.6 Å². The summed E-state index contributed by atoms with van der Waals surface area (Å²) in [7, 11) is 0. The minimum Gasteiger partial charge on any atom is -0.506 e. The molecule has 1 aromatic carbocycles. The van der Waals surface area contributed by atoms with Gasteiger partial charge in [-0.1, -0.05) is 45.8 Å². The number of nitrogens with zero attached hydrogens (tertiary/aromatic N) is 2. The van der Waals surface area contributed by atoms with Crippen molar-refractivity contribution in [2.45, 2.75) is 6.42 Å². The zero-order valence-electron chi connectivity index (χ0n) is 12.0. The van der Waals surface area contributed by atoms with E-state index >= 15 is 0 Å². The third kappa shape index (κ3) is 3.81. The summed E-state index contributed by atoms with van der Waals surface area (Å²) in [6.45, 7) is 0. The summed E-state index contributed by atoms with van der Waals surface area (Å²) < 4.78 is 0.766. The highest BCUT2D eigenvalue weighted by Crippen LogP contribution is 2.30. The number of fused-ring (bicyclic) bond motifs is 1. The van der Waals surface area contributed by atoms with Crippen molar-refractivity contribution in [1.29, 1.82) is 0 Å². The molecule has 4 nitrogen and oxygen atoms in total. The van der Waals surface area contributed by atoms with Crippen molar-refractivity contribution in [3.05, 3.63) is 62.0 Å². The number of halogens is 2. The van der Waals surface area contributed by atoms with Gasteiger partial charge in [0.1, 0.15) is 11.6 Å². The van der Waals surface area contributed by atoms with Crippen molar-refractivity contribution < 1.29 is 5.11 Å². The van der Waals surface area contributed by atoms with Crippen LogP contribution in [0.5, 0.6) is 5.75 Å². The second kappa shape index (κ2) is 6.98. The highest BCUT2D eigenvalue weighted by atomic mass is 79.9. The number of benzene rings is 1. The van der Waals surface area contributed by atoms with Crippen LogP contribution >= 0.6 is 27.5 Å². The maximum absolute atomic E-state index is 9.90. The van der Waals surface area contributed by atoms with Gasteiger partial charge in [0.15, 0.2) is 0 Å². The van der Waals surface area contributed by atoms with E-state index in [1.807, 2.05) is 24.3 Å². The van der Waals surface area contributed by atoms with Crippen LogP contribution in [0.25, 0.3) is 12.2 Å². The molecule has 23 heavy (non-hydrogen) atoms. The molecule has 0 radical (unpaired) electrons. The van der Waals surface area contributed by atoms with Crippen LogP contribution in [-0.2, 0) is 0 Å². The molecule has 1 aliphatic rings. The Morgan fingerprint density at radius 3 is 3.09 bits per heavy atom. The molecule has 0 unspecified atom stereocenters. The number of rotatable bonds is 3. The summed E-state index contributed by atoms with van der Waals surface area (Å²) in [6.07, 6.45) is 10.6. The molecule has 0 saturated carbocycles. The minimum absolute atomic E-state index is 0.0108. The van der Waals surface area contributed by atoms with Crippen LogP contribution in [0.15, 0.2) is 46.0 Å². The molecule has 3 rings (SSSR count). The third-order valence-electron chi connectivity index (χ3n) is 3.26. The fourth-order valence-electron chi connectivity index (χ4n) is 2.14. The Hall–Kier alpha value is -2.11. The number of phenolic OH excluding ortho intramolecular Hbond substituents is 1. The Bertz CT molecular complexity index is 922. The fraction of sp³-hybridized carbons (Fsp3) is 0.0588. The normalized spacial score (nSPS) is 13.1. The van der Waals surface area contributed by atoms with E-state index in [0.717, 1.165) is 21.5 Å². The molecule has 0 aliphatic heterocycles. The van der Waals surface area contributed by atoms with Crippen molar-refractivity contribution in [2.24, 2.45) is 5.10 Å². The smallest absolute Gasteiger partial charge is 0.146 e. The first-order chi connectivity index (χ1) is 11.1. The van der Waals surface area contributed by atoms with Crippen molar-refractivity contribution in [3.63, 3.8) is 0 Å². The lowest BCUT2D eigenvalue weighted by Crippen LogP contribution is -2.27. The first-order valence-corrected chi connectivity index (χ1v) is 8.12. The SMILES string of the molecule is Oc1c(Cl)cc(Br)cc1/C=N/Nc1ccc2c(n1)=CC=CCC=2. The van der Waals surface area contributed by atoms with E-state index < -0.39 is 0 Å². The summed E-state index contributed by atoms with van der Waals surface area (Å²) in [5, 5.41) is 16.3. The molecule has 2 aromatic rings. The molecular weight excluding hydrogens is 378 g/mol. The fourth-order valence-corrected chi connectivity index (χ4v) is 2.97. The standard InChI is InChI=1S/C17H13BrClN3O/c18-13-8-12(17(23)14(19)9-13)10-20-22-16-7-6-11-4-2-1-3-5-15(11)21-16/h1,3-10,23H,2H2,(H,21,22)/b20-10+. The minimum atomic E-state index is -0.0108. The Labute approximate surface area is 146 Å². The predicted octanol–water partition coefficient (Wildman–Crippen LogP) is 3.17. The Kier molecular flexibility index (Phi) is 4.79. The Balaban J connectivity index is 1.83. The van der Waals surface area contributed by atoms with Crippen LogP contribution in [0, 0.1) is 0 Å². The average molecular weight is 391 g/mol. The molecule has 0 fully saturated rings. The zero-order valence-corrected chi connectivity index (χ0v) is 14.3. The Morgan fingerprint density at radius 2 is 2.22 bits per heavy atom. The van der Waals surface area contributed by atoms with Crippen molar-refractivity contribution in [1.82, 2.24) is 4.98 Å². The van der Waals surface area contributed by atoms with Gasteiger partial charge in [-0.3, -0.25) is 5.43 Å². The molecule has 2 N–H and O–H groups in total. The van der Waals surface area contributed by atoms with Gasteiger partial charge in [0.05, 0.1) is 16.6 Å². The number of aromatic nitrogens is 1. The van der Waals surface area contributed by atoms with Gasteiger partial charge in [-0.25, -0.2) is 4.98 Å². The van der Waals surface area contributed by atoms with Crippen LogP contribution < -0.4 is 16.0 Å². The van der Waals surface area contributed by atoms with Crippen molar-refractivity contribution in [2.75, 3.05) is 5.43 Å². The van der Waals surface area contributed by atoms with Crippen LogP contribution in [0.3, 0.4) is 0 Å². The van der Waals surface area contributed by atoms with Gasteiger partial charge in [-0.05, 0) is 42.0 Å². The lowest BCUT2D eigenvalue weighted by Gasteiger charge is -2.03. The van der Waals surface area contributed by atoms with Gasteiger partial charge in [0.25, 0.3) is 0 Å². The second-order valence-corrected chi connectivity index (χ2v) is 6.22. The highest BCUT2D eigenvalue weighted by molar-refractivity contribution is 9.10. The van der Waals surface area contributed by atoms with Gasteiger partial charge in [-0.15, -0.1) is 0 Å². The van der Waals surface area contributed by atoms with Crippen molar-refractivity contribution in [3.8, 4) is 5.75 Å². The van der Waals surface area contributed by atoms with Crippen LogP contribution in [-0.4, -0.2) is 16.3 Å². The maximum atomic E-state index is 9.90. The molecule has 1 aromatic heterocycles. The summed E-state index contributed by atoms with van der Waals surface area (Å²) in [6, 6.07) is 7.20. The van der Waals surface area contributed by atoms with E-state index in [1.54, 1.807) is 12.1 Å². The number of phenols is 1. The van der Waals surface area contributed by atoms with Crippen LogP contribution in [0.4, 0.5) is 5.82 Å². The Morgan fingerprint density at radius 1 is 1.35 bits per heavy atom. The first-order valence-electron chi connectivity index (χ1n) is 6.95. The number of hydrazone groups is 1. The van der Waals surface area contributed by atoms with Gasteiger partial charge in [-0.2, -0.15) is 5.10 Å². The third-order valence-corrected chi connectivity index (χ3v) is 4.01. The number of aromatic hydroxyl groups is 1. The first kappa shape index (κ1) is 15.8. The van der Waals surface area contributed by atoms with E-state index in [1.165, 1.54) is 6.21 Å². The molecule has 0 saturated heterocycles. The van der Waals surface area contributed by atoms with Gasteiger partial charge >= 0.3 is 0 Å².